The summed E-state index contributed by atoms with van der Waals surface area (Å²) in [6, 6.07) is 14.2. The number of carbonyl (C=O) groups is 1. The van der Waals surface area contributed by atoms with E-state index in [-0.39, 0.29) is 11.7 Å². The van der Waals surface area contributed by atoms with Gasteiger partial charge in [0.1, 0.15) is 5.82 Å². The number of anilines is 1. The fraction of sp³-hybridized carbons (Fsp3) is 0.263. The van der Waals surface area contributed by atoms with Crippen molar-refractivity contribution in [2.75, 3.05) is 5.32 Å². The summed E-state index contributed by atoms with van der Waals surface area (Å²) in [4.78, 5) is 17.5. The number of nitrogens with zero attached hydrogens (tertiary/aromatic N) is 1. The van der Waals surface area contributed by atoms with Crippen LogP contribution in [0.3, 0.4) is 0 Å². The standard InChI is InChI=1S/C19H17FN2OS/c20-14-7-5-6-13(12-14)19(10-3-4-11-19)17(23)22-18-21-15-8-1-2-9-16(15)24-18/h1-2,5-9,12H,3-4,10-11H2,(H,21,22,23). The summed E-state index contributed by atoms with van der Waals surface area (Å²) in [5.74, 6) is -0.379. The maximum atomic E-state index is 13.7. The van der Waals surface area contributed by atoms with Gasteiger partial charge in [-0.1, -0.05) is 48.4 Å². The van der Waals surface area contributed by atoms with E-state index in [0.717, 1.165) is 41.5 Å². The Kier molecular flexibility index (Phi) is 3.81. The smallest absolute Gasteiger partial charge is 0.236 e. The third kappa shape index (κ3) is 2.59. The molecule has 1 heterocycles. The summed E-state index contributed by atoms with van der Waals surface area (Å²) in [5.41, 5.74) is 0.989. The second kappa shape index (κ2) is 5.98. The first-order chi connectivity index (χ1) is 11.7. The molecule has 0 aliphatic heterocycles. The Hall–Kier alpha value is -2.27. The van der Waals surface area contributed by atoms with E-state index >= 15 is 0 Å². The summed E-state index contributed by atoms with van der Waals surface area (Å²) in [6.45, 7) is 0. The van der Waals surface area contributed by atoms with E-state index in [0.29, 0.717) is 5.13 Å². The number of rotatable bonds is 3. The second-order valence-electron chi connectivity index (χ2n) is 6.24. The van der Waals surface area contributed by atoms with Gasteiger partial charge in [0.2, 0.25) is 5.91 Å². The lowest BCUT2D eigenvalue weighted by Crippen LogP contribution is -2.38. The Balaban J connectivity index is 1.67. The van der Waals surface area contributed by atoms with Crippen LogP contribution in [-0.2, 0) is 10.2 Å². The highest BCUT2D eigenvalue weighted by atomic mass is 32.1. The molecule has 24 heavy (non-hydrogen) atoms. The molecule has 1 amide bonds. The van der Waals surface area contributed by atoms with Crippen LogP contribution >= 0.6 is 11.3 Å². The molecule has 1 aliphatic rings. The molecule has 5 heteroatoms. The van der Waals surface area contributed by atoms with Gasteiger partial charge in [-0.3, -0.25) is 4.79 Å². The zero-order valence-corrected chi connectivity index (χ0v) is 13.9. The minimum atomic E-state index is -0.653. The summed E-state index contributed by atoms with van der Waals surface area (Å²) >= 11 is 1.46. The van der Waals surface area contributed by atoms with Crippen molar-refractivity contribution in [2.24, 2.45) is 0 Å². The van der Waals surface area contributed by atoms with Gasteiger partial charge in [0.25, 0.3) is 0 Å². The van der Waals surface area contributed by atoms with E-state index in [1.54, 1.807) is 6.07 Å². The SMILES string of the molecule is O=C(Nc1nc2ccccc2s1)C1(c2cccc(F)c2)CCCC1. The van der Waals surface area contributed by atoms with Gasteiger partial charge in [0.15, 0.2) is 5.13 Å². The Labute approximate surface area is 143 Å². The van der Waals surface area contributed by atoms with Crippen LogP contribution in [0.15, 0.2) is 48.5 Å². The number of halogens is 1. The number of nitrogens with one attached hydrogen (secondary N) is 1. The molecule has 1 fully saturated rings. The highest BCUT2D eigenvalue weighted by Gasteiger charge is 2.43. The Bertz CT molecular complexity index is 866. The normalized spacial score (nSPS) is 16.4. The van der Waals surface area contributed by atoms with E-state index in [2.05, 4.69) is 10.3 Å². The molecule has 1 N–H and O–H groups in total. The first-order valence-corrected chi connectivity index (χ1v) is 8.92. The van der Waals surface area contributed by atoms with Gasteiger partial charge in [-0.15, -0.1) is 0 Å². The third-order valence-corrected chi connectivity index (χ3v) is 5.74. The van der Waals surface area contributed by atoms with Crippen LogP contribution in [0.4, 0.5) is 9.52 Å². The second-order valence-corrected chi connectivity index (χ2v) is 7.27. The summed E-state index contributed by atoms with van der Waals surface area (Å²) < 4.78 is 14.7. The van der Waals surface area contributed by atoms with Gasteiger partial charge in [-0.05, 0) is 42.7 Å². The Morgan fingerprint density at radius 2 is 1.92 bits per heavy atom. The van der Waals surface area contributed by atoms with Gasteiger partial charge in [0.05, 0.1) is 15.6 Å². The maximum Gasteiger partial charge on any atom is 0.236 e. The van der Waals surface area contributed by atoms with E-state index < -0.39 is 5.41 Å². The zero-order chi connectivity index (χ0) is 16.6. The lowest BCUT2D eigenvalue weighted by Gasteiger charge is -2.27. The predicted molar refractivity (Wildman–Crippen MR) is 94.8 cm³/mol. The minimum Gasteiger partial charge on any atom is -0.301 e. The number of thiazole rings is 1. The van der Waals surface area contributed by atoms with E-state index in [1.807, 2.05) is 30.3 Å². The molecular weight excluding hydrogens is 323 g/mol. The molecular formula is C19H17FN2OS. The van der Waals surface area contributed by atoms with Crippen molar-refractivity contribution < 1.29 is 9.18 Å². The molecule has 0 atom stereocenters. The number of fused-ring (bicyclic) bond motifs is 1. The van der Waals surface area contributed by atoms with Crippen LogP contribution in [0.25, 0.3) is 10.2 Å². The average molecular weight is 340 g/mol. The molecule has 0 spiro atoms. The molecule has 1 saturated carbocycles. The molecule has 4 rings (SSSR count). The topological polar surface area (TPSA) is 42.0 Å². The highest BCUT2D eigenvalue weighted by molar-refractivity contribution is 7.22. The van der Waals surface area contributed by atoms with Crippen molar-refractivity contribution in [1.29, 1.82) is 0 Å². The molecule has 122 valence electrons. The molecule has 1 aromatic heterocycles. The van der Waals surface area contributed by atoms with Gasteiger partial charge < -0.3 is 5.32 Å². The van der Waals surface area contributed by atoms with Crippen molar-refractivity contribution in [3.8, 4) is 0 Å². The predicted octanol–water partition coefficient (Wildman–Crippen LogP) is 4.89. The summed E-state index contributed by atoms with van der Waals surface area (Å²) in [6.07, 6.45) is 3.44. The molecule has 0 radical (unpaired) electrons. The number of carbonyl (C=O) groups excluding carboxylic acids is 1. The highest BCUT2D eigenvalue weighted by Crippen LogP contribution is 2.42. The Morgan fingerprint density at radius 3 is 2.67 bits per heavy atom. The van der Waals surface area contributed by atoms with Crippen molar-refractivity contribution in [3.05, 3.63) is 59.9 Å². The molecule has 0 unspecified atom stereocenters. The fourth-order valence-corrected chi connectivity index (χ4v) is 4.41. The van der Waals surface area contributed by atoms with Gasteiger partial charge in [-0.25, -0.2) is 9.37 Å². The van der Waals surface area contributed by atoms with Crippen LogP contribution in [0.5, 0.6) is 0 Å². The zero-order valence-electron chi connectivity index (χ0n) is 13.1. The van der Waals surface area contributed by atoms with E-state index in [4.69, 9.17) is 0 Å². The molecule has 3 nitrogen and oxygen atoms in total. The van der Waals surface area contributed by atoms with Crippen molar-refractivity contribution in [2.45, 2.75) is 31.1 Å². The first-order valence-electron chi connectivity index (χ1n) is 8.10. The van der Waals surface area contributed by atoms with E-state index in [1.165, 1.54) is 23.5 Å². The first kappa shape index (κ1) is 15.3. The van der Waals surface area contributed by atoms with Crippen LogP contribution in [0.1, 0.15) is 31.2 Å². The number of hydrogen-bond acceptors (Lipinski definition) is 3. The number of hydrogen-bond donors (Lipinski definition) is 1. The van der Waals surface area contributed by atoms with Crippen LogP contribution in [0.2, 0.25) is 0 Å². The fourth-order valence-electron chi connectivity index (χ4n) is 3.55. The van der Waals surface area contributed by atoms with Crippen molar-refractivity contribution in [1.82, 2.24) is 4.98 Å². The number of amides is 1. The van der Waals surface area contributed by atoms with Gasteiger partial charge >= 0.3 is 0 Å². The molecule has 0 bridgehead atoms. The molecule has 3 aromatic rings. The molecule has 2 aromatic carbocycles. The molecule has 0 saturated heterocycles. The van der Waals surface area contributed by atoms with E-state index in [9.17, 15) is 9.18 Å². The van der Waals surface area contributed by atoms with Crippen LogP contribution in [-0.4, -0.2) is 10.9 Å². The lowest BCUT2D eigenvalue weighted by molar-refractivity contribution is -0.121. The summed E-state index contributed by atoms with van der Waals surface area (Å²) in [7, 11) is 0. The minimum absolute atomic E-state index is 0.0790. The number of benzene rings is 2. The average Bonchev–Trinajstić information content (AvgIpc) is 3.22. The van der Waals surface area contributed by atoms with Gasteiger partial charge in [0, 0.05) is 0 Å². The van der Waals surface area contributed by atoms with Crippen molar-refractivity contribution >= 4 is 32.6 Å². The lowest BCUT2D eigenvalue weighted by atomic mass is 9.78. The third-order valence-electron chi connectivity index (χ3n) is 4.78. The summed E-state index contributed by atoms with van der Waals surface area (Å²) in [5, 5.41) is 3.58. The Morgan fingerprint density at radius 1 is 1.12 bits per heavy atom. The van der Waals surface area contributed by atoms with Gasteiger partial charge in [-0.2, -0.15) is 0 Å². The number of aromatic nitrogens is 1. The van der Waals surface area contributed by atoms with Crippen LogP contribution < -0.4 is 5.32 Å². The largest absolute Gasteiger partial charge is 0.301 e. The maximum absolute atomic E-state index is 13.7. The molecule has 1 aliphatic carbocycles. The monoisotopic (exact) mass is 340 g/mol. The van der Waals surface area contributed by atoms with Crippen LogP contribution in [0, 0.1) is 5.82 Å². The van der Waals surface area contributed by atoms with Crippen molar-refractivity contribution in [3.63, 3.8) is 0 Å². The quantitative estimate of drug-likeness (QED) is 0.738. The number of para-hydroxylation sites is 1.